The quantitative estimate of drug-likeness (QED) is 0.544. The molecule has 1 aliphatic carbocycles. The number of carbonyl (C=O) groups is 2. The van der Waals surface area contributed by atoms with Crippen molar-refractivity contribution < 1.29 is 24.3 Å². The molecule has 0 saturated carbocycles. The van der Waals surface area contributed by atoms with E-state index >= 15 is 0 Å². The average molecular weight is 323 g/mol. The third-order valence-electron chi connectivity index (χ3n) is 4.43. The topological polar surface area (TPSA) is 70.9 Å². The van der Waals surface area contributed by atoms with Crippen LogP contribution in [0.3, 0.4) is 0 Å². The average Bonchev–Trinajstić information content (AvgIpc) is 2.40. The van der Waals surface area contributed by atoms with Gasteiger partial charge in [-0.05, 0) is 26.7 Å². The van der Waals surface area contributed by atoms with Gasteiger partial charge < -0.3 is 19.5 Å². The summed E-state index contributed by atoms with van der Waals surface area (Å²) in [6.45, 7) is 8.58. The summed E-state index contributed by atoms with van der Waals surface area (Å²) in [7, 11) is 3.94. The first-order valence-corrected chi connectivity index (χ1v) is 8.15. The van der Waals surface area contributed by atoms with Gasteiger partial charge in [0.2, 0.25) is 0 Å². The van der Waals surface area contributed by atoms with Gasteiger partial charge >= 0.3 is 5.97 Å². The summed E-state index contributed by atoms with van der Waals surface area (Å²) in [4.78, 5) is 25.4. The molecule has 5 heteroatoms. The molecule has 0 aromatic heterocycles. The van der Waals surface area contributed by atoms with E-state index < -0.39 is 23.8 Å². The number of carbonyl (C=O) groups excluding carboxylic acids is 2. The number of carboxylic acids is 1. The molecule has 0 heterocycles. The van der Waals surface area contributed by atoms with E-state index in [0.29, 0.717) is 6.54 Å². The number of carboxylic acid groups (broad SMARTS) is 1. The van der Waals surface area contributed by atoms with Crippen molar-refractivity contribution in [3.05, 3.63) is 23.3 Å². The molecule has 0 amide bonds. The third kappa shape index (κ3) is 5.20. The van der Waals surface area contributed by atoms with Gasteiger partial charge in [-0.25, -0.2) is 0 Å². The Kier molecular flexibility index (Phi) is 7.01. The summed E-state index contributed by atoms with van der Waals surface area (Å²) in [5, 5.41) is 11.7. The number of hydrogen-bond donors (Lipinski definition) is 1. The molecule has 0 saturated heterocycles. The Bertz CT molecular complexity index is 503. The molecule has 0 aromatic rings. The van der Waals surface area contributed by atoms with E-state index in [4.69, 9.17) is 4.74 Å². The molecule has 130 valence electrons. The lowest BCUT2D eigenvalue weighted by molar-refractivity contribution is -0.858. The number of allylic oxidation sites excluding steroid dienone is 4. The largest absolute Gasteiger partial charge is 0.550 e. The monoisotopic (exact) mass is 323 g/mol. The fourth-order valence-corrected chi connectivity index (χ4v) is 3.04. The number of likely N-dealkylation sites (N-methyl/N-ethyl adjacent to an activating group) is 1. The van der Waals surface area contributed by atoms with Crippen LogP contribution in [0.2, 0.25) is 0 Å². The molecule has 0 spiro atoms. The Hall–Kier alpha value is -1.62. The van der Waals surface area contributed by atoms with Crippen molar-refractivity contribution in [1.82, 2.24) is 0 Å². The number of esters is 1. The molecule has 0 radical (unpaired) electrons. The van der Waals surface area contributed by atoms with Crippen LogP contribution in [0.1, 0.15) is 27.7 Å². The predicted molar refractivity (Wildman–Crippen MR) is 86.5 cm³/mol. The molecule has 0 aromatic carbocycles. The van der Waals surface area contributed by atoms with Crippen LogP contribution in [0.25, 0.3) is 0 Å². The van der Waals surface area contributed by atoms with Crippen molar-refractivity contribution in [3.8, 4) is 0 Å². The van der Waals surface area contributed by atoms with Crippen LogP contribution in [-0.2, 0) is 14.3 Å². The van der Waals surface area contributed by atoms with Crippen LogP contribution in [0.15, 0.2) is 23.3 Å². The van der Waals surface area contributed by atoms with Crippen LogP contribution in [0.5, 0.6) is 0 Å². The zero-order valence-corrected chi connectivity index (χ0v) is 15.0. The molecule has 0 bridgehead atoms. The first-order chi connectivity index (χ1) is 10.6. The number of aliphatic carboxylic acids is 1. The minimum absolute atomic E-state index is 0.237. The standard InChI is InChI=1S/C18H29NO4/c1-11(2)9-14-10-12(3)13(4)15(17(20)21)16(14)18(22)23-8-7-19(5)6/h9-10,13-16H,7-8H2,1-6H3,(H,20,21)/t13-,14-,15-,16-/m1/s1. The Morgan fingerprint density at radius 3 is 2.39 bits per heavy atom. The molecule has 1 N–H and O–H groups in total. The van der Waals surface area contributed by atoms with Crippen molar-refractivity contribution >= 4 is 11.9 Å². The molecule has 0 unspecified atom stereocenters. The highest BCUT2D eigenvalue weighted by Gasteiger charge is 2.42. The van der Waals surface area contributed by atoms with Crippen molar-refractivity contribution in [2.75, 3.05) is 27.2 Å². The smallest absolute Gasteiger partial charge is 0.310 e. The zero-order chi connectivity index (χ0) is 17.7. The molecule has 5 nitrogen and oxygen atoms in total. The Balaban J connectivity index is 3.09. The second kappa shape index (κ2) is 8.29. The molecular weight excluding hydrogens is 294 g/mol. The Labute approximate surface area is 139 Å². The second-order valence-electron chi connectivity index (χ2n) is 7.02. The van der Waals surface area contributed by atoms with E-state index in [9.17, 15) is 14.7 Å². The summed E-state index contributed by atoms with van der Waals surface area (Å²) in [6, 6.07) is 0. The number of quaternary nitrogens is 1. The van der Waals surface area contributed by atoms with Crippen LogP contribution < -0.4 is 10.0 Å². The van der Waals surface area contributed by atoms with Crippen LogP contribution in [0, 0.1) is 23.7 Å². The van der Waals surface area contributed by atoms with E-state index in [1.54, 1.807) is 0 Å². The predicted octanol–water partition coefficient (Wildman–Crippen LogP) is -0.165. The van der Waals surface area contributed by atoms with Gasteiger partial charge in [-0.3, -0.25) is 4.79 Å². The van der Waals surface area contributed by atoms with Gasteiger partial charge in [0.15, 0.2) is 0 Å². The first-order valence-electron chi connectivity index (χ1n) is 8.15. The highest BCUT2D eigenvalue weighted by Crippen LogP contribution is 2.39. The second-order valence-corrected chi connectivity index (χ2v) is 7.02. The molecular formula is C18H29NO4. The number of nitrogens with one attached hydrogen (secondary N) is 1. The maximum atomic E-state index is 12.6. The van der Waals surface area contributed by atoms with Gasteiger partial charge in [0, 0.05) is 17.8 Å². The van der Waals surface area contributed by atoms with Crippen molar-refractivity contribution in [2.24, 2.45) is 23.7 Å². The number of hydrogen-bond acceptors (Lipinski definition) is 4. The SMILES string of the molecule is CC(C)=C[C@@H]1C=C(C)[C@@H](C)[C@@H](C(=O)[O-])[C@@H]1C(=O)OCC[NH+](C)C. The summed E-state index contributed by atoms with van der Waals surface area (Å²) in [5.74, 6) is -3.72. The molecule has 0 fully saturated rings. The van der Waals surface area contributed by atoms with Gasteiger partial charge in [-0.15, -0.1) is 0 Å². The van der Waals surface area contributed by atoms with E-state index in [1.807, 2.05) is 53.9 Å². The number of ether oxygens (including phenoxy) is 1. The minimum Gasteiger partial charge on any atom is -0.550 e. The Morgan fingerprint density at radius 2 is 1.91 bits per heavy atom. The van der Waals surface area contributed by atoms with Crippen molar-refractivity contribution in [2.45, 2.75) is 27.7 Å². The van der Waals surface area contributed by atoms with Crippen LogP contribution >= 0.6 is 0 Å². The van der Waals surface area contributed by atoms with Crippen molar-refractivity contribution in [1.29, 1.82) is 0 Å². The molecule has 23 heavy (non-hydrogen) atoms. The fourth-order valence-electron chi connectivity index (χ4n) is 3.04. The lowest BCUT2D eigenvalue weighted by Gasteiger charge is -2.39. The maximum Gasteiger partial charge on any atom is 0.310 e. The van der Waals surface area contributed by atoms with Crippen LogP contribution in [0.4, 0.5) is 0 Å². The summed E-state index contributed by atoms with van der Waals surface area (Å²) in [6.07, 6.45) is 3.93. The van der Waals surface area contributed by atoms with Gasteiger partial charge in [0.05, 0.1) is 20.0 Å². The lowest BCUT2D eigenvalue weighted by atomic mass is 9.67. The highest BCUT2D eigenvalue weighted by atomic mass is 16.5. The van der Waals surface area contributed by atoms with E-state index in [0.717, 1.165) is 11.1 Å². The van der Waals surface area contributed by atoms with Crippen molar-refractivity contribution in [3.63, 3.8) is 0 Å². The van der Waals surface area contributed by atoms with E-state index in [1.165, 1.54) is 4.90 Å². The normalized spacial score (nSPS) is 27.3. The van der Waals surface area contributed by atoms with Crippen LogP contribution in [-0.4, -0.2) is 39.2 Å². The number of rotatable bonds is 6. The minimum atomic E-state index is -1.18. The zero-order valence-electron chi connectivity index (χ0n) is 15.0. The highest BCUT2D eigenvalue weighted by molar-refractivity contribution is 5.82. The molecule has 0 aliphatic heterocycles. The summed E-state index contributed by atoms with van der Waals surface area (Å²) >= 11 is 0. The Morgan fingerprint density at radius 1 is 1.30 bits per heavy atom. The molecule has 1 aliphatic rings. The lowest BCUT2D eigenvalue weighted by Crippen LogP contribution is -3.06. The van der Waals surface area contributed by atoms with E-state index in [-0.39, 0.29) is 18.4 Å². The van der Waals surface area contributed by atoms with Gasteiger partial charge in [0.1, 0.15) is 13.2 Å². The third-order valence-corrected chi connectivity index (χ3v) is 4.43. The molecule has 4 atom stereocenters. The van der Waals surface area contributed by atoms with Gasteiger partial charge in [-0.2, -0.15) is 0 Å². The maximum absolute atomic E-state index is 12.6. The van der Waals surface area contributed by atoms with Gasteiger partial charge in [-0.1, -0.05) is 30.2 Å². The van der Waals surface area contributed by atoms with Gasteiger partial charge in [0.25, 0.3) is 0 Å². The molecule has 1 rings (SSSR count). The summed E-state index contributed by atoms with van der Waals surface area (Å²) in [5.41, 5.74) is 2.02. The fraction of sp³-hybridized carbons (Fsp3) is 0.667. The van der Waals surface area contributed by atoms with E-state index in [2.05, 4.69) is 0 Å². The summed E-state index contributed by atoms with van der Waals surface area (Å²) < 4.78 is 5.36. The first kappa shape index (κ1) is 19.4.